The molecule has 23 heavy (non-hydrogen) atoms. The number of alkyl halides is 1. The summed E-state index contributed by atoms with van der Waals surface area (Å²) in [6, 6.07) is 14.2. The second kappa shape index (κ2) is 8.29. The molecule has 4 nitrogen and oxygen atoms in total. The lowest BCUT2D eigenvalue weighted by atomic mass is 10.1. The number of ketones is 1. The highest BCUT2D eigenvalue weighted by Gasteiger charge is 2.03. The molecule has 0 spiro atoms. The van der Waals surface area contributed by atoms with Gasteiger partial charge in [-0.05, 0) is 48.0 Å². The molecule has 1 amide bonds. The van der Waals surface area contributed by atoms with E-state index in [1.807, 2.05) is 24.3 Å². The van der Waals surface area contributed by atoms with Crippen LogP contribution in [0.4, 0.5) is 5.69 Å². The maximum atomic E-state index is 12.1. The van der Waals surface area contributed by atoms with Crippen molar-refractivity contribution in [3.05, 3.63) is 65.7 Å². The van der Waals surface area contributed by atoms with Crippen molar-refractivity contribution in [1.82, 2.24) is 0 Å². The van der Waals surface area contributed by atoms with Gasteiger partial charge in [0.2, 0.25) is 5.91 Å². The summed E-state index contributed by atoms with van der Waals surface area (Å²) in [7, 11) is 1.61. The number of hydrogen-bond acceptors (Lipinski definition) is 3. The fourth-order valence-corrected chi connectivity index (χ4v) is 2.04. The summed E-state index contributed by atoms with van der Waals surface area (Å²) in [6.07, 6.45) is 3.27. The monoisotopic (exact) mass is 373 g/mol. The number of allylic oxidation sites excluding steroid dienone is 1. The van der Waals surface area contributed by atoms with Gasteiger partial charge in [0.15, 0.2) is 5.78 Å². The van der Waals surface area contributed by atoms with Crippen molar-refractivity contribution in [3.63, 3.8) is 0 Å². The molecular weight excluding hydrogens is 358 g/mol. The Balaban J connectivity index is 2.02. The number of hydrogen-bond donors (Lipinski definition) is 1. The van der Waals surface area contributed by atoms with Crippen molar-refractivity contribution in [2.75, 3.05) is 17.8 Å². The molecule has 2 rings (SSSR count). The molecule has 0 aliphatic rings. The summed E-state index contributed by atoms with van der Waals surface area (Å²) in [6.45, 7) is 0. The Hall–Kier alpha value is -2.40. The van der Waals surface area contributed by atoms with Gasteiger partial charge >= 0.3 is 0 Å². The molecule has 118 valence electrons. The molecule has 5 heteroatoms. The van der Waals surface area contributed by atoms with Crippen LogP contribution in [0.5, 0.6) is 5.75 Å². The van der Waals surface area contributed by atoms with Gasteiger partial charge in [-0.25, -0.2) is 0 Å². The van der Waals surface area contributed by atoms with Crippen LogP contribution in [0.25, 0.3) is 6.08 Å². The third-order valence-electron chi connectivity index (χ3n) is 3.12. The van der Waals surface area contributed by atoms with Gasteiger partial charge < -0.3 is 10.1 Å². The van der Waals surface area contributed by atoms with Crippen LogP contribution in [-0.2, 0) is 4.79 Å². The quantitative estimate of drug-likeness (QED) is 0.474. The first-order valence-electron chi connectivity index (χ1n) is 6.94. The van der Waals surface area contributed by atoms with Gasteiger partial charge in [-0.3, -0.25) is 9.59 Å². The number of carbonyl (C=O) groups excluding carboxylic acids is 2. The maximum absolute atomic E-state index is 12.1. The lowest BCUT2D eigenvalue weighted by Gasteiger charge is -2.03. The van der Waals surface area contributed by atoms with E-state index in [1.165, 1.54) is 6.08 Å². The molecule has 0 unspecified atom stereocenters. The van der Waals surface area contributed by atoms with E-state index in [-0.39, 0.29) is 17.0 Å². The maximum Gasteiger partial charge on any atom is 0.235 e. The van der Waals surface area contributed by atoms with Crippen molar-refractivity contribution >= 4 is 39.4 Å². The number of anilines is 1. The van der Waals surface area contributed by atoms with Crippen LogP contribution in [-0.4, -0.2) is 24.1 Å². The summed E-state index contributed by atoms with van der Waals surface area (Å²) >= 11 is 3.08. The number of nitrogens with one attached hydrogen (secondary N) is 1. The Morgan fingerprint density at radius 2 is 1.74 bits per heavy atom. The van der Waals surface area contributed by atoms with Crippen molar-refractivity contribution < 1.29 is 14.3 Å². The number of methoxy groups -OCH3 is 1. The Kier molecular flexibility index (Phi) is 6.11. The summed E-state index contributed by atoms with van der Waals surface area (Å²) < 4.78 is 5.09. The minimum atomic E-state index is -0.136. The van der Waals surface area contributed by atoms with Crippen LogP contribution in [0.2, 0.25) is 0 Å². The standard InChI is InChI=1S/C18H16BrNO3/c1-23-16-9-2-13(3-10-16)4-11-17(21)14-5-7-15(8-6-14)20-18(22)12-19/h2-11H,12H2,1H3,(H,20,22)/b11-4+. The lowest BCUT2D eigenvalue weighted by molar-refractivity contribution is -0.113. The number of ether oxygens (including phenoxy) is 1. The Labute approximate surface area is 143 Å². The molecule has 0 aliphatic carbocycles. The number of halogens is 1. The first-order valence-corrected chi connectivity index (χ1v) is 8.07. The van der Waals surface area contributed by atoms with Gasteiger partial charge in [0.05, 0.1) is 12.4 Å². The second-order valence-corrected chi connectivity index (χ2v) is 5.29. The van der Waals surface area contributed by atoms with Crippen molar-refractivity contribution in [3.8, 4) is 5.75 Å². The molecule has 2 aromatic carbocycles. The Bertz CT molecular complexity index is 706. The molecule has 0 aliphatic heterocycles. The van der Waals surface area contributed by atoms with E-state index in [0.29, 0.717) is 11.3 Å². The summed E-state index contributed by atoms with van der Waals surface area (Å²) in [5.41, 5.74) is 2.14. The van der Waals surface area contributed by atoms with Crippen LogP contribution < -0.4 is 10.1 Å². The molecule has 0 heterocycles. The van der Waals surface area contributed by atoms with Crippen LogP contribution in [0.3, 0.4) is 0 Å². The lowest BCUT2D eigenvalue weighted by Crippen LogP contribution is -2.12. The first kappa shape index (κ1) is 17.0. The molecule has 0 bridgehead atoms. The van der Waals surface area contributed by atoms with Crippen molar-refractivity contribution in [1.29, 1.82) is 0 Å². The van der Waals surface area contributed by atoms with Crippen LogP contribution in [0.15, 0.2) is 54.6 Å². The second-order valence-electron chi connectivity index (χ2n) is 4.73. The van der Waals surface area contributed by atoms with E-state index in [1.54, 1.807) is 37.5 Å². The molecular formula is C18H16BrNO3. The summed E-state index contributed by atoms with van der Waals surface area (Å²) in [4.78, 5) is 23.4. The zero-order chi connectivity index (χ0) is 16.7. The minimum Gasteiger partial charge on any atom is -0.497 e. The van der Waals surface area contributed by atoms with Gasteiger partial charge in [0.1, 0.15) is 5.75 Å². The van der Waals surface area contributed by atoms with Crippen LogP contribution in [0.1, 0.15) is 15.9 Å². The average molecular weight is 374 g/mol. The van der Waals surface area contributed by atoms with Gasteiger partial charge in [0.25, 0.3) is 0 Å². The first-order chi connectivity index (χ1) is 11.1. The number of carbonyl (C=O) groups is 2. The minimum absolute atomic E-state index is 0.0980. The molecule has 2 aromatic rings. The van der Waals surface area contributed by atoms with Gasteiger partial charge in [-0.2, -0.15) is 0 Å². The van der Waals surface area contributed by atoms with Gasteiger partial charge in [0, 0.05) is 11.3 Å². The van der Waals surface area contributed by atoms with Gasteiger partial charge in [-0.1, -0.05) is 34.1 Å². The summed E-state index contributed by atoms with van der Waals surface area (Å²) in [5.74, 6) is 0.539. The van der Waals surface area contributed by atoms with E-state index < -0.39 is 0 Å². The number of rotatable bonds is 6. The van der Waals surface area contributed by atoms with Crippen molar-refractivity contribution in [2.45, 2.75) is 0 Å². The topological polar surface area (TPSA) is 55.4 Å². The molecule has 0 saturated carbocycles. The van der Waals surface area contributed by atoms with E-state index in [4.69, 9.17) is 4.74 Å². The summed E-state index contributed by atoms with van der Waals surface area (Å²) in [5, 5.41) is 2.93. The smallest absolute Gasteiger partial charge is 0.235 e. The predicted octanol–water partition coefficient (Wildman–Crippen LogP) is 3.92. The molecule has 0 aromatic heterocycles. The van der Waals surface area contributed by atoms with E-state index in [9.17, 15) is 9.59 Å². The fraction of sp³-hybridized carbons (Fsp3) is 0.111. The third kappa shape index (κ3) is 5.07. The molecule has 0 atom stereocenters. The molecule has 0 radical (unpaired) electrons. The average Bonchev–Trinajstić information content (AvgIpc) is 2.60. The highest BCUT2D eigenvalue weighted by molar-refractivity contribution is 9.09. The SMILES string of the molecule is COc1ccc(/C=C/C(=O)c2ccc(NC(=O)CBr)cc2)cc1. The largest absolute Gasteiger partial charge is 0.497 e. The zero-order valence-electron chi connectivity index (χ0n) is 12.6. The predicted molar refractivity (Wildman–Crippen MR) is 95.2 cm³/mol. The number of benzene rings is 2. The molecule has 0 fully saturated rings. The highest BCUT2D eigenvalue weighted by atomic mass is 79.9. The van der Waals surface area contributed by atoms with Crippen LogP contribution >= 0.6 is 15.9 Å². The Morgan fingerprint density at radius 1 is 1.09 bits per heavy atom. The third-order valence-corrected chi connectivity index (χ3v) is 3.63. The van der Waals surface area contributed by atoms with Crippen molar-refractivity contribution in [2.24, 2.45) is 0 Å². The molecule has 1 N–H and O–H groups in total. The normalized spacial score (nSPS) is 10.5. The fourth-order valence-electron chi connectivity index (χ4n) is 1.90. The van der Waals surface area contributed by atoms with E-state index in [2.05, 4.69) is 21.2 Å². The van der Waals surface area contributed by atoms with Gasteiger partial charge in [-0.15, -0.1) is 0 Å². The highest BCUT2D eigenvalue weighted by Crippen LogP contribution is 2.14. The van der Waals surface area contributed by atoms with E-state index in [0.717, 1.165) is 11.3 Å². The zero-order valence-corrected chi connectivity index (χ0v) is 14.2. The Morgan fingerprint density at radius 3 is 2.30 bits per heavy atom. The van der Waals surface area contributed by atoms with E-state index >= 15 is 0 Å². The van der Waals surface area contributed by atoms with Crippen LogP contribution in [0, 0.1) is 0 Å². The molecule has 0 saturated heterocycles. The number of amides is 1.